The fourth-order valence-corrected chi connectivity index (χ4v) is 2.98. The van der Waals surface area contributed by atoms with E-state index >= 15 is 0 Å². The highest BCUT2D eigenvalue weighted by Gasteiger charge is 2.11. The van der Waals surface area contributed by atoms with Crippen LogP contribution in [0.3, 0.4) is 0 Å². The molecule has 2 heterocycles. The minimum absolute atomic E-state index is 0.120. The Morgan fingerprint density at radius 1 is 1.63 bits per heavy atom. The van der Waals surface area contributed by atoms with E-state index in [2.05, 4.69) is 14.8 Å². The molecule has 2 aromatic heterocycles. The van der Waals surface area contributed by atoms with Gasteiger partial charge in [0.05, 0.1) is 19.2 Å². The van der Waals surface area contributed by atoms with Crippen molar-refractivity contribution in [2.75, 3.05) is 7.11 Å². The minimum Gasteiger partial charge on any atom is -0.469 e. The van der Waals surface area contributed by atoms with Gasteiger partial charge in [0.1, 0.15) is 5.51 Å². The van der Waals surface area contributed by atoms with Crippen LogP contribution in [0.25, 0.3) is 4.96 Å². The molecule has 2 rings (SSSR count). The molecular formula is C11H13N3O3S2. The molecule has 0 spiro atoms. The maximum Gasteiger partial charge on any atom is 0.306 e. The molecular weight excluding hydrogens is 286 g/mol. The number of nitrogens with zero attached hydrogens (tertiary/aromatic N) is 3. The summed E-state index contributed by atoms with van der Waals surface area (Å²) >= 11 is 2.89. The molecule has 2 aromatic rings. The van der Waals surface area contributed by atoms with Gasteiger partial charge in [0, 0.05) is 17.1 Å². The molecule has 0 aliphatic heterocycles. The fourth-order valence-electron chi connectivity index (χ4n) is 1.48. The number of hydrogen-bond donors (Lipinski definition) is 0. The highest BCUT2D eigenvalue weighted by atomic mass is 32.2. The summed E-state index contributed by atoms with van der Waals surface area (Å²) in [5.41, 5.74) is 2.11. The standard InChI is InChI=1S/C11H13N3O3S2/c1-7(3-10(16)17-2)18-5-8-4-9(15)14-11(13-8)19-6-12-14/h4,6-7H,3,5H2,1-2H3. The van der Waals surface area contributed by atoms with Crippen LogP contribution in [-0.4, -0.2) is 32.9 Å². The molecule has 19 heavy (non-hydrogen) atoms. The summed E-state index contributed by atoms with van der Waals surface area (Å²) in [5, 5.41) is 4.02. The van der Waals surface area contributed by atoms with Gasteiger partial charge >= 0.3 is 5.97 Å². The van der Waals surface area contributed by atoms with E-state index < -0.39 is 0 Å². The highest BCUT2D eigenvalue weighted by molar-refractivity contribution is 7.99. The lowest BCUT2D eigenvalue weighted by atomic mass is 10.3. The van der Waals surface area contributed by atoms with Gasteiger partial charge in [-0.25, -0.2) is 4.98 Å². The van der Waals surface area contributed by atoms with Gasteiger partial charge in [0.2, 0.25) is 4.96 Å². The summed E-state index contributed by atoms with van der Waals surface area (Å²) in [4.78, 5) is 27.8. The molecule has 102 valence electrons. The van der Waals surface area contributed by atoms with Gasteiger partial charge in [0.25, 0.3) is 5.56 Å². The summed E-state index contributed by atoms with van der Waals surface area (Å²) < 4.78 is 5.89. The molecule has 0 radical (unpaired) electrons. The van der Waals surface area contributed by atoms with E-state index in [1.54, 1.807) is 17.3 Å². The summed E-state index contributed by atoms with van der Waals surface area (Å²) in [6.07, 6.45) is 0.350. The van der Waals surface area contributed by atoms with Gasteiger partial charge in [0.15, 0.2) is 0 Å². The maximum atomic E-state index is 11.7. The average molecular weight is 299 g/mol. The van der Waals surface area contributed by atoms with E-state index in [-0.39, 0.29) is 16.8 Å². The molecule has 0 aliphatic rings. The molecule has 8 heteroatoms. The molecule has 0 N–H and O–H groups in total. The lowest BCUT2D eigenvalue weighted by Crippen LogP contribution is -2.15. The number of aromatic nitrogens is 3. The van der Waals surface area contributed by atoms with Crippen molar-refractivity contribution in [3.8, 4) is 0 Å². The number of esters is 1. The first kappa shape index (κ1) is 14.0. The van der Waals surface area contributed by atoms with Gasteiger partial charge < -0.3 is 4.74 Å². The number of carbonyl (C=O) groups excluding carboxylic acids is 1. The van der Waals surface area contributed by atoms with Crippen LogP contribution in [0.2, 0.25) is 0 Å². The fraction of sp³-hybridized carbons (Fsp3) is 0.455. The summed E-state index contributed by atoms with van der Waals surface area (Å²) in [5.74, 6) is 0.355. The molecule has 0 saturated heterocycles. The first-order valence-electron chi connectivity index (χ1n) is 5.61. The van der Waals surface area contributed by atoms with E-state index in [9.17, 15) is 9.59 Å². The van der Waals surface area contributed by atoms with Crippen LogP contribution in [-0.2, 0) is 15.3 Å². The van der Waals surface area contributed by atoms with E-state index in [1.165, 1.54) is 29.0 Å². The number of thioether (sulfide) groups is 1. The molecule has 1 unspecified atom stereocenters. The summed E-state index contributed by atoms with van der Waals surface area (Å²) in [7, 11) is 1.37. The van der Waals surface area contributed by atoms with Gasteiger partial charge in [-0.05, 0) is 0 Å². The van der Waals surface area contributed by atoms with Crippen LogP contribution in [0.5, 0.6) is 0 Å². The van der Waals surface area contributed by atoms with Gasteiger partial charge in [-0.3, -0.25) is 9.59 Å². The molecule has 0 saturated carbocycles. The van der Waals surface area contributed by atoms with Crippen LogP contribution >= 0.6 is 23.1 Å². The Morgan fingerprint density at radius 3 is 3.16 bits per heavy atom. The van der Waals surface area contributed by atoms with E-state index in [0.717, 1.165) is 0 Å². The van der Waals surface area contributed by atoms with E-state index in [1.807, 2.05) is 6.92 Å². The predicted molar refractivity (Wildman–Crippen MR) is 74.5 cm³/mol. The lowest BCUT2D eigenvalue weighted by Gasteiger charge is -2.08. The molecule has 6 nitrogen and oxygen atoms in total. The third-order valence-electron chi connectivity index (χ3n) is 2.44. The Labute approximate surface area is 117 Å². The van der Waals surface area contributed by atoms with Crippen LogP contribution < -0.4 is 5.56 Å². The van der Waals surface area contributed by atoms with Gasteiger partial charge in [-0.1, -0.05) is 18.3 Å². The Hall–Kier alpha value is -1.41. The molecule has 0 amide bonds. The van der Waals surface area contributed by atoms with Crippen molar-refractivity contribution in [2.24, 2.45) is 0 Å². The molecule has 0 aliphatic carbocycles. The predicted octanol–water partition coefficient (Wildman–Crippen LogP) is 1.34. The largest absolute Gasteiger partial charge is 0.469 e. The maximum absolute atomic E-state index is 11.7. The Morgan fingerprint density at radius 2 is 2.42 bits per heavy atom. The second-order valence-electron chi connectivity index (χ2n) is 3.92. The zero-order chi connectivity index (χ0) is 13.8. The number of carbonyl (C=O) groups is 1. The monoisotopic (exact) mass is 299 g/mol. The Balaban J connectivity index is 2.01. The Kier molecular flexibility index (Phi) is 4.54. The van der Waals surface area contributed by atoms with Crippen molar-refractivity contribution in [1.82, 2.24) is 14.6 Å². The van der Waals surface area contributed by atoms with Crippen molar-refractivity contribution >= 4 is 34.0 Å². The highest BCUT2D eigenvalue weighted by Crippen LogP contribution is 2.19. The van der Waals surface area contributed by atoms with Crippen molar-refractivity contribution < 1.29 is 9.53 Å². The number of methoxy groups -OCH3 is 1. The number of rotatable bonds is 5. The number of fused-ring (bicyclic) bond motifs is 1. The minimum atomic E-state index is -0.231. The SMILES string of the molecule is COC(=O)CC(C)SCc1cc(=O)n2ncsc2n1. The second kappa shape index (κ2) is 6.16. The van der Waals surface area contributed by atoms with Crippen LogP contribution in [0, 0.1) is 0 Å². The van der Waals surface area contributed by atoms with Crippen molar-refractivity contribution in [3.63, 3.8) is 0 Å². The van der Waals surface area contributed by atoms with E-state index in [4.69, 9.17) is 0 Å². The molecule has 0 fully saturated rings. The zero-order valence-corrected chi connectivity index (χ0v) is 12.2. The second-order valence-corrected chi connectivity index (χ2v) is 6.16. The van der Waals surface area contributed by atoms with E-state index in [0.29, 0.717) is 22.8 Å². The Bertz CT molecular complexity index is 637. The van der Waals surface area contributed by atoms with Crippen molar-refractivity contribution in [1.29, 1.82) is 0 Å². The van der Waals surface area contributed by atoms with Crippen LogP contribution in [0.1, 0.15) is 19.0 Å². The third kappa shape index (κ3) is 3.54. The third-order valence-corrected chi connectivity index (χ3v) is 4.31. The molecule has 0 bridgehead atoms. The summed E-state index contributed by atoms with van der Waals surface area (Å²) in [6, 6.07) is 1.48. The average Bonchev–Trinajstić information content (AvgIpc) is 2.85. The first-order valence-corrected chi connectivity index (χ1v) is 7.54. The van der Waals surface area contributed by atoms with Crippen molar-refractivity contribution in [2.45, 2.75) is 24.3 Å². The van der Waals surface area contributed by atoms with Crippen LogP contribution in [0.15, 0.2) is 16.4 Å². The number of ether oxygens (including phenoxy) is 1. The summed E-state index contributed by atoms with van der Waals surface area (Å²) in [6.45, 7) is 1.94. The topological polar surface area (TPSA) is 73.6 Å². The molecule has 0 aromatic carbocycles. The normalized spacial score (nSPS) is 12.5. The van der Waals surface area contributed by atoms with Gasteiger partial charge in [-0.15, -0.1) is 0 Å². The van der Waals surface area contributed by atoms with Crippen LogP contribution in [0.4, 0.5) is 0 Å². The lowest BCUT2D eigenvalue weighted by molar-refractivity contribution is -0.140. The smallest absolute Gasteiger partial charge is 0.306 e. The quantitative estimate of drug-likeness (QED) is 0.776. The molecule has 1 atom stereocenters. The van der Waals surface area contributed by atoms with Crippen molar-refractivity contribution in [3.05, 3.63) is 27.6 Å². The zero-order valence-electron chi connectivity index (χ0n) is 10.5. The van der Waals surface area contributed by atoms with Gasteiger partial charge in [-0.2, -0.15) is 21.4 Å². The number of hydrogen-bond acceptors (Lipinski definition) is 7. The first-order chi connectivity index (χ1) is 9.10.